The Morgan fingerprint density at radius 1 is 1.00 bits per heavy atom. The molecule has 0 unspecified atom stereocenters. The summed E-state index contributed by atoms with van der Waals surface area (Å²) in [5.74, 6) is 1.31. The van der Waals surface area contributed by atoms with Crippen molar-refractivity contribution in [2.75, 3.05) is 6.54 Å². The second-order valence-electron chi connectivity index (χ2n) is 6.25. The number of nitrogens with one attached hydrogen (secondary N) is 1. The van der Waals surface area contributed by atoms with Crippen molar-refractivity contribution in [2.24, 2.45) is 5.92 Å². The van der Waals surface area contributed by atoms with Crippen LogP contribution in [0.25, 0.3) is 10.8 Å². The summed E-state index contributed by atoms with van der Waals surface area (Å²) in [6, 6.07) is 12.1. The molecule has 2 nitrogen and oxygen atoms in total. The van der Waals surface area contributed by atoms with Crippen LogP contribution in [0.5, 0.6) is 5.75 Å². The van der Waals surface area contributed by atoms with Gasteiger partial charge in [0.25, 0.3) is 0 Å². The number of benzene rings is 2. The third-order valence-electron chi connectivity index (χ3n) is 4.77. The van der Waals surface area contributed by atoms with Gasteiger partial charge in [-0.05, 0) is 35.7 Å². The fourth-order valence-electron chi connectivity index (χ4n) is 3.51. The van der Waals surface area contributed by atoms with Gasteiger partial charge in [-0.3, -0.25) is 0 Å². The molecular weight excluding hydrogens is 294 g/mol. The molecule has 1 aliphatic carbocycles. The molecule has 3 heteroatoms. The van der Waals surface area contributed by atoms with E-state index < -0.39 is 0 Å². The first-order chi connectivity index (χ1) is 10.3. The minimum atomic E-state index is 0. The number of halogens is 1. The number of hydrogen-bond acceptors (Lipinski definition) is 2. The first kappa shape index (κ1) is 17.1. The standard InChI is InChI=1S/C19H25NO.ClH/c21-19-11-10-16-8-4-5-9-17(16)18(19)14-20-13-12-15-6-2-1-3-7-15;/h4-5,8-11,15,20-21H,1-3,6-7,12-14H2;1H. The first-order valence-corrected chi connectivity index (χ1v) is 8.25. The van der Waals surface area contributed by atoms with E-state index in [4.69, 9.17) is 0 Å². The summed E-state index contributed by atoms with van der Waals surface area (Å²) in [6.07, 6.45) is 8.32. The van der Waals surface area contributed by atoms with Crippen molar-refractivity contribution >= 4 is 23.2 Å². The topological polar surface area (TPSA) is 32.3 Å². The van der Waals surface area contributed by atoms with Gasteiger partial charge >= 0.3 is 0 Å². The van der Waals surface area contributed by atoms with Crippen molar-refractivity contribution in [3.63, 3.8) is 0 Å². The van der Waals surface area contributed by atoms with Crippen LogP contribution in [0.15, 0.2) is 36.4 Å². The van der Waals surface area contributed by atoms with Gasteiger partial charge in [0.1, 0.15) is 5.75 Å². The van der Waals surface area contributed by atoms with Crippen LogP contribution in [0.4, 0.5) is 0 Å². The van der Waals surface area contributed by atoms with Gasteiger partial charge in [0.05, 0.1) is 0 Å². The van der Waals surface area contributed by atoms with Gasteiger partial charge in [0, 0.05) is 12.1 Å². The van der Waals surface area contributed by atoms with Crippen LogP contribution in [0.2, 0.25) is 0 Å². The SMILES string of the molecule is Cl.Oc1ccc2ccccc2c1CNCCC1CCCCC1. The molecule has 0 atom stereocenters. The van der Waals surface area contributed by atoms with Gasteiger partial charge in [-0.15, -0.1) is 12.4 Å². The predicted molar refractivity (Wildman–Crippen MR) is 95.8 cm³/mol. The molecule has 120 valence electrons. The Bertz CT molecular complexity index is 593. The molecule has 0 saturated heterocycles. The molecule has 0 bridgehead atoms. The van der Waals surface area contributed by atoms with Crippen molar-refractivity contribution in [1.29, 1.82) is 0 Å². The molecule has 0 heterocycles. The number of phenolic OH excluding ortho intramolecular Hbond substituents is 1. The van der Waals surface area contributed by atoms with Gasteiger partial charge < -0.3 is 10.4 Å². The molecule has 3 rings (SSSR count). The van der Waals surface area contributed by atoms with Crippen LogP contribution >= 0.6 is 12.4 Å². The summed E-state index contributed by atoms with van der Waals surface area (Å²) < 4.78 is 0. The van der Waals surface area contributed by atoms with Crippen LogP contribution in [0.1, 0.15) is 44.1 Å². The summed E-state index contributed by atoms with van der Waals surface area (Å²) >= 11 is 0. The largest absolute Gasteiger partial charge is 0.508 e. The average Bonchev–Trinajstić information content (AvgIpc) is 2.54. The lowest BCUT2D eigenvalue weighted by Crippen LogP contribution is -2.19. The third kappa shape index (κ3) is 4.15. The molecule has 2 N–H and O–H groups in total. The fourth-order valence-corrected chi connectivity index (χ4v) is 3.51. The van der Waals surface area contributed by atoms with E-state index in [0.717, 1.165) is 30.0 Å². The number of aromatic hydroxyl groups is 1. The first-order valence-electron chi connectivity index (χ1n) is 8.25. The highest BCUT2D eigenvalue weighted by atomic mass is 35.5. The van der Waals surface area contributed by atoms with E-state index in [1.54, 1.807) is 6.07 Å². The van der Waals surface area contributed by atoms with Crippen molar-refractivity contribution < 1.29 is 5.11 Å². The summed E-state index contributed by atoms with van der Waals surface area (Å²) in [5.41, 5.74) is 1.02. The monoisotopic (exact) mass is 319 g/mol. The summed E-state index contributed by atoms with van der Waals surface area (Å²) in [7, 11) is 0. The summed E-state index contributed by atoms with van der Waals surface area (Å²) in [6.45, 7) is 1.80. The van der Waals surface area contributed by atoms with Crippen molar-refractivity contribution in [1.82, 2.24) is 5.32 Å². The van der Waals surface area contributed by atoms with Gasteiger partial charge in [-0.2, -0.15) is 0 Å². The Morgan fingerprint density at radius 3 is 2.59 bits per heavy atom. The molecule has 1 saturated carbocycles. The Balaban J connectivity index is 0.00000176. The molecule has 2 aromatic rings. The van der Waals surface area contributed by atoms with Crippen LogP contribution in [-0.2, 0) is 6.54 Å². The maximum absolute atomic E-state index is 10.1. The van der Waals surface area contributed by atoms with E-state index in [0.29, 0.717) is 5.75 Å². The highest BCUT2D eigenvalue weighted by Gasteiger charge is 2.13. The average molecular weight is 320 g/mol. The molecule has 0 aromatic heterocycles. The van der Waals surface area contributed by atoms with Crippen molar-refractivity contribution in [2.45, 2.75) is 45.1 Å². The predicted octanol–water partition coefficient (Wildman–Crippen LogP) is 5.03. The van der Waals surface area contributed by atoms with Crippen molar-refractivity contribution in [3.8, 4) is 5.75 Å². The zero-order valence-electron chi connectivity index (χ0n) is 13.1. The van der Waals surface area contributed by atoms with E-state index in [1.807, 2.05) is 18.2 Å². The van der Waals surface area contributed by atoms with Gasteiger partial charge in [0.15, 0.2) is 0 Å². The van der Waals surface area contributed by atoms with Crippen LogP contribution in [-0.4, -0.2) is 11.7 Å². The second kappa shape index (κ2) is 8.40. The number of rotatable bonds is 5. The molecule has 0 radical (unpaired) electrons. The quantitative estimate of drug-likeness (QED) is 0.758. The molecule has 0 amide bonds. The van der Waals surface area contributed by atoms with E-state index in [9.17, 15) is 5.11 Å². The Hall–Kier alpha value is -1.25. The molecule has 0 aliphatic heterocycles. The Kier molecular flexibility index (Phi) is 6.53. The highest BCUT2D eigenvalue weighted by Crippen LogP contribution is 2.28. The lowest BCUT2D eigenvalue weighted by atomic mass is 9.87. The second-order valence-corrected chi connectivity index (χ2v) is 6.25. The normalized spacial score (nSPS) is 15.6. The van der Waals surface area contributed by atoms with Crippen molar-refractivity contribution in [3.05, 3.63) is 42.0 Å². The summed E-state index contributed by atoms with van der Waals surface area (Å²) in [5, 5.41) is 16.0. The fraction of sp³-hybridized carbons (Fsp3) is 0.474. The molecule has 1 aliphatic rings. The van der Waals surface area contributed by atoms with Crippen LogP contribution in [0.3, 0.4) is 0 Å². The smallest absolute Gasteiger partial charge is 0.120 e. The van der Waals surface area contributed by atoms with E-state index in [2.05, 4.69) is 17.4 Å². The van der Waals surface area contributed by atoms with E-state index in [-0.39, 0.29) is 12.4 Å². The Labute approximate surface area is 139 Å². The zero-order chi connectivity index (χ0) is 14.5. The minimum Gasteiger partial charge on any atom is -0.508 e. The summed E-state index contributed by atoms with van der Waals surface area (Å²) in [4.78, 5) is 0. The van der Waals surface area contributed by atoms with Gasteiger partial charge in [-0.25, -0.2) is 0 Å². The molecule has 22 heavy (non-hydrogen) atoms. The highest BCUT2D eigenvalue weighted by molar-refractivity contribution is 5.87. The lowest BCUT2D eigenvalue weighted by molar-refractivity contribution is 0.333. The number of phenols is 1. The van der Waals surface area contributed by atoms with Crippen LogP contribution in [0, 0.1) is 5.92 Å². The maximum atomic E-state index is 10.1. The number of hydrogen-bond donors (Lipinski definition) is 2. The molecule has 1 fully saturated rings. The minimum absolute atomic E-state index is 0. The lowest BCUT2D eigenvalue weighted by Gasteiger charge is -2.21. The molecular formula is C19H26ClNO. The zero-order valence-corrected chi connectivity index (χ0v) is 13.9. The Morgan fingerprint density at radius 2 is 1.77 bits per heavy atom. The molecule has 2 aromatic carbocycles. The van der Waals surface area contributed by atoms with Gasteiger partial charge in [-0.1, -0.05) is 62.4 Å². The third-order valence-corrected chi connectivity index (χ3v) is 4.77. The van der Waals surface area contributed by atoms with E-state index >= 15 is 0 Å². The van der Waals surface area contributed by atoms with Crippen LogP contribution < -0.4 is 5.32 Å². The molecule has 0 spiro atoms. The van der Waals surface area contributed by atoms with E-state index in [1.165, 1.54) is 43.9 Å². The van der Waals surface area contributed by atoms with Gasteiger partial charge in [0.2, 0.25) is 0 Å². The maximum Gasteiger partial charge on any atom is 0.120 e. The number of fused-ring (bicyclic) bond motifs is 1.